The fourth-order valence-corrected chi connectivity index (χ4v) is 2.34. The molecular formula is C14H18N2O3. The van der Waals surface area contributed by atoms with Crippen LogP contribution in [0.5, 0.6) is 0 Å². The molecule has 1 atom stereocenters. The number of rotatable bonds is 3. The van der Waals surface area contributed by atoms with Crippen LogP contribution in [0.25, 0.3) is 0 Å². The van der Waals surface area contributed by atoms with Crippen molar-refractivity contribution in [3.8, 4) is 0 Å². The van der Waals surface area contributed by atoms with E-state index in [-0.39, 0.29) is 11.5 Å². The number of carbonyl (C=O) groups excluding carboxylic acids is 1. The lowest BCUT2D eigenvalue weighted by Crippen LogP contribution is -2.47. The Labute approximate surface area is 112 Å². The van der Waals surface area contributed by atoms with Crippen LogP contribution in [0.4, 0.5) is 5.69 Å². The normalized spacial score (nSPS) is 22.2. The Morgan fingerprint density at radius 3 is 2.68 bits per heavy atom. The number of carboxylic acids is 1. The Morgan fingerprint density at radius 1 is 1.42 bits per heavy atom. The third kappa shape index (κ3) is 2.76. The summed E-state index contributed by atoms with van der Waals surface area (Å²) < 4.78 is 0. The molecule has 0 bridgehead atoms. The Bertz CT molecular complexity index is 519. The van der Waals surface area contributed by atoms with Gasteiger partial charge in [0.25, 0.3) is 0 Å². The zero-order valence-corrected chi connectivity index (χ0v) is 11.1. The van der Waals surface area contributed by atoms with Gasteiger partial charge in [-0.05, 0) is 57.0 Å². The number of hydrogen-bond acceptors (Lipinski definition) is 3. The highest BCUT2D eigenvalue weighted by molar-refractivity contribution is 5.98. The molecule has 2 rings (SSSR count). The van der Waals surface area contributed by atoms with Crippen molar-refractivity contribution in [3.05, 3.63) is 29.3 Å². The van der Waals surface area contributed by atoms with E-state index < -0.39 is 11.5 Å². The van der Waals surface area contributed by atoms with Crippen LogP contribution in [0.1, 0.15) is 35.7 Å². The van der Waals surface area contributed by atoms with Gasteiger partial charge in [-0.1, -0.05) is 0 Å². The maximum atomic E-state index is 12.2. The Kier molecular flexibility index (Phi) is 3.57. The molecule has 0 aromatic heterocycles. The average Bonchev–Trinajstić information content (AvgIpc) is 2.77. The standard InChI is InChI=1S/C14H18N2O3/c1-9-8-10(4-5-11(9)12(17)18)16-13(19)14(2)6-3-7-15-14/h4-5,8,15H,3,6-7H2,1-2H3,(H,16,19)(H,17,18). The van der Waals surface area contributed by atoms with Gasteiger partial charge in [-0.25, -0.2) is 4.79 Å². The molecule has 0 spiro atoms. The smallest absolute Gasteiger partial charge is 0.335 e. The maximum Gasteiger partial charge on any atom is 0.335 e. The summed E-state index contributed by atoms with van der Waals surface area (Å²) >= 11 is 0. The van der Waals surface area contributed by atoms with Crippen molar-refractivity contribution in [2.45, 2.75) is 32.2 Å². The quantitative estimate of drug-likeness (QED) is 0.775. The number of nitrogens with one attached hydrogen (secondary N) is 2. The zero-order valence-electron chi connectivity index (χ0n) is 11.1. The van der Waals surface area contributed by atoms with Crippen LogP contribution < -0.4 is 10.6 Å². The van der Waals surface area contributed by atoms with Crippen LogP contribution in [0, 0.1) is 6.92 Å². The minimum atomic E-state index is -0.959. The van der Waals surface area contributed by atoms with E-state index in [0.717, 1.165) is 19.4 Å². The minimum absolute atomic E-state index is 0.0764. The molecule has 19 heavy (non-hydrogen) atoms. The molecule has 1 heterocycles. The molecule has 1 aliphatic heterocycles. The predicted octanol–water partition coefficient (Wildman–Crippen LogP) is 1.77. The first kappa shape index (κ1) is 13.5. The van der Waals surface area contributed by atoms with Crippen LogP contribution >= 0.6 is 0 Å². The Hall–Kier alpha value is -1.88. The van der Waals surface area contributed by atoms with Crippen molar-refractivity contribution in [1.82, 2.24) is 5.32 Å². The van der Waals surface area contributed by atoms with Crippen LogP contribution in [0.2, 0.25) is 0 Å². The first-order valence-electron chi connectivity index (χ1n) is 6.33. The molecule has 3 N–H and O–H groups in total. The molecular weight excluding hydrogens is 244 g/mol. The first-order chi connectivity index (χ1) is 8.92. The molecule has 1 aliphatic rings. The lowest BCUT2D eigenvalue weighted by atomic mass is 9.99. The summed E-state index contributed by atoms with van der Waals surface area (Å²) in [6.45, 7) is 4.45. The van der Waals surface area contributed by atoms with E-state index in [4.69, 9.17) is 5.11 Å². The fraction of sp³-hybridized carbons (Fsp3) is 0.429. The van der Waals surface area contributed by atoms with E-state index in [1.165, 1.54) is 6.07 Å². The summed E-state index contributed by atoms with van der Waals surface area (Å²) in [6.07, 6.45) is 1.80. The van der Waals surface area contributed by atoms with Gasteiger partial charge in [0, 0.05) is 5.69 Å². The third-order valence-corrected chi connectivity index (χ3v) is 3.58. The molecule has 5 nitrogen and oxygen atoms in total. The van der Waals surface area contributed by atoms with Crippen molar-refractivity contribution in [3.63, 3.8) is 0 Å². The molecule has 0 saturated carbocycles. The second kappa shape index (κ2) is 5.01. The Balaban J connectivity index is 2.13. The number of anilines is 1. The molecule has 0 radical (unpaired) electrons. The molecule has 102 valence electrons. The molecule has 5 heteroatoms. The number of hydrogen-bond donors (Lipinski definition) is 3. The number of benzene rings is 1. The van der Waals surface area contributed by atoms with E-state index in [0.29, 0.717) is 11.3 Å². The summed E-state index contributed by atoms with van der Waals surface area (Å²) in [5.41, 5.74) is 0.986. The van der Waals surface area contributed by atoms with Crippen molar-refractivity contribution >= 4 is 17.6 Å². The summed E-state index contributed by atoms with van der Waals surface area (Å²) in [4.78, 5) is 23.1. The van der Waals surface area contributed by atoms with Gasteiger partial charge >= 0.3 is 5.97 Å². The van der Waals surface area contributed by atoms with E-state index in [9.17, 15) is 9.59 Å². The molecule has 1 amide bonds. The molecule has 1 saturated heterocycles. The number of aryl methyl sites for hydroxylation is 1. The van der Waals surface area contributed by atoms with Gasteiger partial charge < -0.3 is 15.7 Å². The van der Waals surface area contributed by atoms with Gasteiger partial charge in [0.2, 0.25) is 5.91 Å². The molecule has 1 unspecified atom stereocenters. The van der Waals surface area contributed by atoms with Gasteiger partial charge in [-0.2, -0.15) is 0 Å². The summed E-state index contributed by atoms with van der Waals surface area (Å²) in [6, 6.07) is 4.81. The van der Waals surface area contributed by atoms with Crippen molar-refractivity contribution < 1.29 is 14.7 Å². The topological polar surface area (TPSA) is 78.4 Å². The SMILES string of the molecule is Cc1cc(NC(=O)C2(C)CCCN2)ccc1C(=O)O. The molecule has 1 aromatic carbocycles. The third-order valence-electron chi connectivity index (χ3n) is 3.58. The first-order valence-corrected chi connectivity index (χ1v) is 6.33. The highest BCUT2D eigenvalue weighted by Gasteiger charge is 2.35. The lowest BCUT2D eigenvalue weighted by Gasteiger charge is -2.23. The molecule has 1 aromatic rings. The highest BCUT2D eigenvalue weighted by atomic mass is 16.4. The summed E-state index contributed by atoms with van der Waals surface area (Å²) in [5, 5.41) is 15.0. The van der Waals surface area contributed by atoms with Gasteiger partial charge in [0.15, 0.2) is 0 Å². The second-order valence-electron chi connectivity index (χ2n) is 5.15. The van der Waals surface area contributed by atoms with Crippen LogP contribution in [-0.4, -0.2) is 29.1 Å². The van der Waals surface area contributed by atoms with E-state index >= 15 is 0 Å². The van der Waals surface area contributed by atoms with Gasteiger partial charge in [-0.15, -0.1) is 0 Å². The van der Waals surface area contributed by atoms with Crippen LogP contribution in [-0.2, 0) is 4.79 Å². The van der Waals surface area contributed by atoms with E-state index in [1.54, 1.807) is 19.1 Å². The van der Waals surface area contributed by atoms with Crippen molar-refractivity contribution in [2.75, 3.05) is 11.9 Å². The fourth-order valence-electron chi connectivity index (χ4n) is 2.34. The zero-order chi connectivity index (χ0) is 14.0. The summed E-state index contributed by atoms with van der Waals surface area (Å²) in [5.74, 6) is -1.03. The average molecular weight is 262 g/mol. The Morgan fingerprint density at radius 2 is 2.16 bits per heavy atom. The predicted molar refractivity (Wildman–Crippen MR) is 72.4 cm³/mol. The second-order valence-corrected chi connectivity index (χ2v) is 5.15. The molecule has 1 fully saturated rings. The van der Waals surface area contributed by atoms with Gasteiger partial charge in [-0.3, -0.25) is 4.79 Å². The minimum Gasteiger partial charge on any atom is -0.478 e. The van der Waals surface area contributed by atoms with Crippen LogP contribution in [0.15, 0.2) is 18.2 Å². The van der Waals surface area contributed by atoms with Gasteiger partial charge in [0.1, 0.15) is 0 Å². The van der Waals surface area contributed by atoms with Crippen molar-refractivity contribution in [2.24, 2.45) is 0 Å². The highest BCUT2D eigenvalue weighted by Crippen LogP contribution is 2.22. The van der Waals surface area contributed by atoms with Crippen molar-refractivity contribution in [1.29, 1.82) is 0 Å². The largest absolute Gasteiger partial charge is 0.478 e. The maximum absolute atomic E-state index is 12.2. The van der Waals surface area contributed by atoms with Gasteiger partial charge in [0.05, 0.1) is 11.1 Å². The van der Waals surface area contributed by atoms with E-state index in [2.05, 4.69) is 10.6 Å². The number of amides is 1. The van der Waals surface area contributed by atoms with Crippen LogP contribution in [0.3, 0.4) is 0 Å². The monoisotopic (exact) mass is 262 g/mol. The number of carboxylic acid groups (broad SMARTS) is 1. The molecule has 0 aliphatic carbocycles. The number of aromatic carboxylic acids is 1. The number of carbonyl (C=O) groups is 2. The lowest BCUT2D eigenvalue weighted by molar-refractivity contribution is -0.121. The van der Waals surface area contributed by atoms with E-state index in [1.807, 2.05) is 6.92 Å². The summed E-state index contributed by atoms with van der Waals surface area (Å²) in [7, 11) is 0.